The summed E-state index contributed by atoms with van der Waals surface area (Å²) in [6.45, 7) is 4.16. The molecule has 1 N–H and O–H groups in total. The molecule has 2 nitrogen and oxygen atoms in total. The van der Waals surface area contributed by atoms with Gasteiger partial charge in [0.1, 0.15) is 0 Å². The molecule has 0 saturated heterocycles. The zero-order valence-electron chi connectivity index (χ0n) is 11.0. The zero-order chi connectivity index (χ0) is 13.4. The van der Waals surface area contributed by atoms with E-state index in [4.69, 9.17) is 0 Å². The third-order valence-corrected chi connectivity index (χ3v) is 3.73. The van der Waals surface area contributed by atoms with Gasteiger partial charge in [-0.2, -0.15) is 0 Å². The molecule has 2 heteroatoms. The Kier molecular flexibility index (Phi) is 2.71. The molecule has 19 heavy (non-hydrogen) atoms. The van der Waals surface area contributed by atoms with Crippen molar-refractivity contribution in [2.24, 2.45) is 0 Å². The number of aromatic amines is 1. The van der Waals surface area contributed by atoms with Crippen molar-refractivity contribution in [3.05, 3.63) is 59.2 Å². The molecule has 0 aliphatic heterocycles. The predicted molar refractivity (Wildman–Crippen MR) is 78.6 cm³/mol. The Labute approximate surface area is 112 Å². The first-order valence-corrected chi connectivity index (χ1v) is 6.35. The Morgan fingerprint density at radius 3 is 2.42 bits per heavy atom. The molecule has 1 aromatic heterocycles. The van der Waals surface area contributed by atoms with E-state index in [1.807, 2.05) is 36.4 Å². The van der Waals surface area contributed by atoms with E-state index < -0.39 is 0 Å². The first kappa shape index (κ1) is 11.7. The minimum atomic E-state index is 0.740. The van der Waals surface area contributed by atoms with Gasteiger partial charge < -0.3 is 4.98 Å². The molecule has 3 aromatic rings. The van der Waals surface area contributed by atoms with Crippen molar-refractivity contribution >= 4 is 17.2 Å². The number of aldehydes is 1. The van der Waals surface area contributed by atoms with E-state index in [1.165, 1.54) is 11.1 Å². The minimum Gasteiger partial charge on any atom is -0.354 e. The van der Waals surface area contributed by atoms with Crippen LogP contribution in [0.1, 0.15) is 21.5 Å². The van der Waals surface area contributed by atoms with Gasteiger partial charge in [0, 0.05) is 16.5 Å². The van der Waals surface area contributed by atoms with Crippen molar-refractivity contribution in [1.82, 2.24) is 4.98 Å². The molecule has 0 radical (unpaired) electrons. The molecule has 0 unspecified atom stereocenters. The fourth-order valence-corrected chi connectivity index (χ4v) is 2.48. The van der Waals surface area contributed by atoms with E-state index in [1.54, 1.807) is 0 Å². The van der Waals surface area contributed by atoms with Crippen LogP contribution in [0.2, 0.25) is 0 Å². The molecule has 0 saturated carbocycles. The van der Waals surface area contributed by atoms with Crippen LogP contribution in [0, 0.1) is 13.8 Å². The van der Waals surface area contributed by atoms with Crippen molar-refractivity contribution in [2.45, 2.75) is 13.8 Å². The summed E-state index contributed by atoms with van der Waals surface area (Å²) in [5, 5.41) is 0.997. The number of aromatic nitrogens is 1. The highest BCUT2D eigenvalue weighted by Gasteiger charge is 2.14. The predicted octanol–water partition coefficient (Wildman–Crippen LogP) is 4.26. The van der Waals surface area contributed by atoms with Crippen molar-refractivity contribution in [1.29, 1.82) is 0 Å². The number of hydrogen-bond acceptors (Lipinski definition) is 1. The number of aryl methyl sites for hydroxylation is 2. The largest absolute Gasteiger partial charge is 0.354 e. The molecule has 94 valence electrons. The number of carbonyl (C=O) groups is 1. The van der Waals surface area contributed by atoms with Crippen LogP contribution in [0.3, 0.4) is 0 Å². The average Bonchev–Trinajstić information content (AvgIpc) is 2.83. The van der Waals surface area contributed by atoms with E-state index in [9.17, 15) is 4.79 Å². The van der Waals surface area contributed by atoms with Gasteiger partial charge in [-0.3, -0.25) is 4.79 Å². The minimum absolute atomic E-state index is 0.740. The quantitative estimate of drug-likeness (QED) is 0.676. The van der Waals surface area contributed by atoms with E-state index in [0.717, 1.165) is 34.0 Å². The zero-order valence-corrected chi connectivity index (χ0v) is 11.0. The third-order valence-electron chi connectivity index (χ3n) is 3.73. The van der Waals surface area contributed by atoms with Crippen molar-refractivity contribution in [2.75, 3.05) is 0 Å². The van der Waals surface area contributed by atoms with Crippen LogP contribution in [0.5, 0.6) is 0 Å². The maximum atomic E-state index is 11.5. The number of nitrogens with one attached hydrogen (secondary N) is 1. The number of benzene rings is 2. The highest BCUT2D eigenvalue weighted by atomic mass is 16.1. The maximum absolute atomic E-state index is 11.5. The Balaban J connectivity index is 2.38. The summed E-state index contributed by atoms with van der Waals surface area (Å²) >= 11 is 0. The van der Waals surface area contributed by atoms with Gasteiger partial charge in [-0.05, 0) is 30.5 Å². The van der Waals surface area contributed by atoms with E-state index in [-0.39, 0.29) is 0 Å². The standard InChI is InChI=1S/C17H15NO/c1-11-8-9-14-15(10-19)17(18-16(14)12(11)2)13-6-4-3-5-7-13/h3-10,18H,1-2H3. The molecule has 0 atom stereocenters. The van der Waals surface area contributed by atoms with E-state index >= 15 is 0 Å². The summed E-state index contributed by atoms with van der Waals surface area (Å²) in [6.07, 6.45) is 0.940. The monoisotopic (exact) mass is 249 g/mol. The second-order valence-electron chi connectivity index (χ2n) is 4.83. The number of hydrogen-bond donors (Lipinski definition) is 1. The summed E-state index contributed by atoms with van der Waals surface area (Å²) in [4.78, 5) is 14.9. The van der Waals surface area contributed by atoms with Gasteiger partial charge in [0.05, 0.1) is 5.69 Å². The van der Waals surface area contributed by atoms with Gasteiger partial charge >= 0.3 is 0 Å². The Hall–Kier alpha value is -2.35. The van der Waals surface area contributed by atoms with Crippen LogP contribution >= 0.6 is 0 Å². The van der Waals surface area contributed by atoms with Crippen molar-refractivity contribution in [3.63, 3.8) is 0 Å². The number of fused-ring (bicyclic) bond motifs is 1. The van der Waals surface area contributed by atoms with Gasteiger partial charge in [0.2, 0.25) is 0 Å². The lowest BCUT2D eigenvalue weighted by molar-refractivity contribution is 0.112. The molecule has 0 spiro atoms. The van der Waals surface area contributed by atoms with Gasteiger partial charge in [-0.25, -0.2) is 0 Å². The topological polar surface area (TPSA) is 32.9 Å². The molecule has 1 heterocycles. The van der Waals surface area contributed by atoms with Crippen LogP contribution in [0.15, 0.2) is 42.5 Å². The molecule has 0 aliphatic rings. The first-order valence-electron chi connectivity index (χ1n) is 6.35. The summed E-state index contributed by atoms with van der Waals surface area (Å²) in [5.41, 5.74) is 6.16. The Bertz CT molecular complexity index is 754. The summed E-state index contributed by atoms with van der Waals surface area (Å²) in [5.74, 6) is 0. The fraction of sp³-hybridized carbons (Fsp3) is 0.118. The lowest BCUT2D eigenvalue weighted by Crippen LogP contribution is -1.83. The Morgan fingerprint density at radius 1 is 1.00 bits per heavy atom. The second-order valence-corrected chi connectivity index (χ2v) is 4.83. The van der Waals surface area contributed by atoms with Gasteiger partial charge in [0.15, 0.2) is 6.29 Å². The highest BCUT2D eigenvalue weighted by molar-refractivity contribution is 6.05. The molecule has 0 fully saturated rings. The van der Waals surface area contributed by atoms with Crippen molar-refractivity contribution in [3.8, 4) is 11.3 Å². The van der Waals surface area contributed by atoms with Crippen LogP contribution in [0.25, 0.3) is 22.2 Å². The van der Waals surface area contributed by atoms with Crippen LogP contribution in [-0.2, 0) is 0 Å². The maximum Gasteiger partial charge on any atom is 0.152 e. The molecule has 3 rings (SSSR count). The summed E-state index contributed by atoms with van der Waals surface area (Å²) < 4.78 is 0. The van der Waals surface area contributed by atoms with Gasteiger partial charge in [-0.15, -0.1) is 0 Å². The summed E-state index contributed by atoms with van der Waals surface area (Å²) in [6, 6.07) is 14.0. The number of rotatable bonds is 2. The summed E-state index contributed by atoms with van der Waals surface area (Å²) in [7, 11) is 0. The van der Waals surface area contributed by atoms with Gasteiger partial charge in [0.25, 0.3) is 0 Å². The number of carbonyl (C=O) groups excluding carboxylic acids is 1. The molecular weight excluding hydrogens is 234 g/mol. The molecule has 2 aromatic carbocycles. The molecule has 0 bridgehead atoms. The van der Waals surface area contributed by atoms with E-state index in [0.29, 0.717) is 0 Å². The van der Waals surface area contributed by atoms with E-state index in [2.05, 4.69) is 24.9 Å². The third kappa shape index (κ3) is 1.76. The first-order chi connectivity index (χ1) is 9.22. The molecule has 0 amide bonds. The van der Waals surface area contributed by atoms with Gasteiger partial charge in [-0.1, -0.05) is 42.5 Å². The van der Waals surface area contributed by atoms with Crippen LogP contribution in [-0.4, -0.2) is 11.3 Å². The van der Waals surface area contributed by atoms with Crippen LogP contribution in [0.4, 0.5) is 0 Å². The lowest BCUT2D eigenvalue weighted by Gasteiger charge is -2.00. The Morgan fingerprint density at radius 2 is 1.74 bits per heavy atom. The normalized spacial score (nSPS) is 10.8. The second kappa shape index (κ2) is 4.39. The SMILES string of the molecule is Cc1ccc2c(C=O)c(-c3ccccc3)[nH]c2c1C. The molecular formula is C17H15NO. The van der Waals surface area contributed by atoms with Crippen LogP contribution < -0.4 is 0 Å². The average molecular weight is 249 g/mol. The lowest BCUT2D eigenvalue weighted by atomic mass is 10.0. The highest BCUT2D eigenvalue weighted by Crippen LogP contribution is 2.31. The number of H-pyrrole nitrogens is 1. The fourth-order valence-electron chi connectivity index (χ4n) is 2.48. The van der Waals surface area contributed by atoms with Crippen molar-refractivity contribution < 1.29 is 4.79 Å². The molecule has 0 aliphatic carbocycles. The smallest absolute Gasteiger partial charge is 0.152 e.